The van der Waals surface area contributed by atoms with Gasteiger partial charge in [0.05, 0.1) is 6.10 Å². The summed E-state index contributed by atoms with van der Waals surface area (Å²) in [5, 5.41) is 3.42. The van der Waals surface area contributed by atoms with Gasteiger partial charge in [0.25, 0.3) is 0 Å². The number of hydrogen-bond acceptors (Lipinski definition) is 3. The van der Waals surface area contributed by atoms with E-state index < -0.39 is 0 Å². The van der Waals surface area contributed by atoms with Crippen LogP contribution in [-0.4, -0.2) is 50.8 Å². The van der Waals surface area contributed by atoms with Gasteiger partial charge in [-0.25, -0.2) is 0 Å². The van der Waals surface area contributed by atoms with Gasteiger partial charge in [-0.1, -0.05) is 0 Å². The fourth-order valence-electron chi connectivity index (χ4n) is 2.72. The van der Waals surface area contributed by atoms with E-state index in [-0.39, 0.29) is 12.4 Å². The standard InChI is InChI=1S/C12H24N2O.ClH/c1-14(10-12-3-2-8-15-12)9-11-4-6-13-7-5-11;/h11-13H,2-10H2,1H3;1H/t12-;/m0./s1. The predicted octanol–water partition coefficient (Wildman–Crippen LogP) is 1.52. The fourth-order valence-corrected chi connectivity index (χ4v) is 2.72. The van der Waals surface area contributed by atoms with Gasteiger partial charge in [-0.2, -0.15) is 0 Å². The van der Waals surface area contributed by atoms with E-state index in [0.717, 1.165) is 19.1 Å². The average molecular weight is 249 g/mol. The molecule has 0 amide bonds. The van der Waals surface area contributed by atoms with Crippen LogP contribution in [0.3, 0.4) is 0 Å². The summed E-state index contributed by atoms with van der Waals surface area (Å²) in [4.78, 5) is 2.46. The van der Waals surface area contributed by atoms with Crippen LogP contribution in [0.4, 0.5) is 0 Å². The molecule has 0 aromatic carbocycles. The van der Waals surface area contributed by atoms with Crippen LogP contribution in [0.2, 0.25) is 0 Å². The Morgan fingerprint density at radius 3 is 2.56 bits per heavy atom. The van der Waals surface area contributed by atoms with E-state index in [1.54, 1.807) is 0 Å². The van der Waals surface area contributed by atoms with Crippen LogP contribution in [0.1, 0.15) is 25.7 Å². The van der Waals surface area contributed by atoms with E-state index >= 15 is 0 Å². The van der Waals surface area contributed by atoms with Crippen molar-refractivity contribution in [1.29, 1.82) is 0 Å². The van der Waals surface area contributed by atoms with Crippen molar-refractivity contribution in [3.05, 3.63) is 0 Å². The summed E-state index contributed by atoms with van der Waals surface area (Å²) in [6, 6.07) is 0. The first-order chi connectivity index (χ1) is 7.34. The molecule has 0 spiro atoms. The lowest BCUT2D eigenvalue weighted by atomic mass is 9.97. The van der Waals surface area contributed by atoms with E-state index in [1.807, 2.05) is 0 Å². The molecule has 0 aromatic heterocycles. The van der Waals surface area contributed by atoms with E-state index in [4.69, 9.17) is 4.74 Å². The molecule has 0 saturated carbocycles. The van der Waals surface area contributed by atoms with Crippen LogP contribution < -0.4 is 5.32 Å². The molecule has 0 unspecified atom stereocenters. The van der Waals surface area contributed by atoms with Crippen molar-refractivity contribution in [2.45, 2.75) is 31.8 Å². The van der Waals surface area contributed by atoms with Crippen molar-refractivity contribution in [2.75, 3.05) is 39.8 Å². The molecule has 0 bridgehead atoms. The Kier molecular flexibility index (Phi) is 6.66. The van der Waals surface area contributed by atoms with Gasteiger partial charge in [0.1, 0.15) is 0 Å². The average Bonchev–Trinajstić information content (AvgIpc) is 2.71. The second-order valence-corrected chi connectivity index (χ2v) is 5.05. The Bertz CT molecular complexity index is 180. The Balaban J connectivity index is 0.00000128. The normalized spacial score (nSPS) is 27.0. The van der Waals surface area contributed by atoms with Crippen LogP contribution in [0.5, 0.6) is 0 Å². The zero-order valence-corrected chi connectivity index (χ0v) is 11.1. The zero-order chi connectivity index (χ0) is 10.5. The molecular formula is C12H25ClN2O. The lowest BCUT2D eigenvalue weighted by Crippen LogP contribution is -2.37. The minimum Gasteiger partial charge on any atom is -0.377 e. The molecule has 2 rings (SSSR count). The van der Waals surface area contributed by atoms with E-state index in [0.29, 0.717) is 6.10 Å². The summed E-state index contributed by atoms with van der Waals surface area (Å²) in [7, 11) is 2.24. The molecule has 1 N–H and O–H groups in total. The molecule has 2 heterocycles. The summed E-state index contributed by atoms with van der Waals surface area (Å²) < 4.78 is 5.66. The summed E-state index contributed by atoms with van der Waals surface area (Å²) in [5.74, 6) is 0.901. The minimum atomic E-state index is 0. The quantitative estimate of drug-likeness (QED) is 0.817. The van der Waals surface area contributed by atoms with Crippen molar-refractivity contribution in [1.82, 2.24) is 10.2 Å². The first-order valence-corrected chi connectivity index (χ1v) is 6.35. The smallest absolute Gasteiger partial charge is 0.0702 e. The van der Waals surface area contributed by atoms with Crippen molar-refractivity contribution in [2.24, 2.45) is 5.92 Å². The number of hydrogen-bond donors (Lipinski definition) is 1. The Labute approximate surface area is 105 Å². The molecule has 2 fully saturated rings. The molecular weight excluding hydrogens is 224 g/mol. The SMILES string of the molecule is CN(CC1CCNCC1)C[C@@H]1CCCO1.Cl. The third kappa shape index (κ3) is 4.58. The maximum Gasteiger partial charge on any atom is 0.0702 e. The maximum absolute atomic E-state index is 5.66. The molecule has 2 aliphatic heterocycles. The highest BCUT2D eigenvalue weighted by Crippen LogP contribution is 2.16. The summed E-state index contributed by atoms with van der Waals surface area (Å²) in [6.07, 6.45) is 5.71. The zero-order valence-electron chi connectivity index (χ0n) is 10.3. The highest BCUT2D eigenvalue weighted by molar-refractivity contribution is 5.85. The molecule has 96 valence electrons. The molecule has 2 aliphatic rings. The first kappa shape index (κ1) is 14.2. The number of rotatable bonds is 4. The van der Waals surface area contributed by atoms with Crippen LogP contribution >= 0.6 is 12.4 Å². The van der Waals surface area contributed by atoms with Crippen LogP contribution in [0, 0.1) is 5.92 Å². The van der Waals surface area contributed by atoms with Gasteiger partial charge in [-0.3, -0.25) is 0 Å². The third-order valence-corrected chi connectivity index (χ3v) is 3.57. The maximum atomic E-state index is 5.66. The second kappa shape index (κ2) is 7.49. The molecule has 0 radical (unpaired) electrons. The minimum absolute atomic E-state index is 0. The van der Waals surface area contributed by atoms with E-state index in [1.165, 1.54) is 45.3 Å². The van der Waals surface area contributed by atoms with Crippen molar-refractivity contribution < 1.29 is 4.74 Å². The molecule has 0 aromatic rings. The number of likely N-dealkylation sites (N-methyl/N-ethyl adjacent to an activating group) is 1. The van der Waals surface area contributed by atoms with Gasteiger partial charge < -0.3 is 15.0 Å². The monoisotopic (exact) mass is 248 g/mol. The van der Waals surface area contributed by atoms with Crippen LogP contribution in [0.25, 0.3) is 0 Å². The molecule has 4 heteroatoms. The predicted molar refractivity (Wildman–Crippen MR) is 69.3 cm³/mol. The third-order valence-electron chi connectivity index (χ3n) is 3.57. The topological polar surface area (TPSA) is 24.5 Å². The largest absolute Gasteiger partial charge is 0.377 e. The van der Waals surface area contributed by atoms with Crippen molar-refractivity contribution in [3.8, 4) is 0 Å². The molecule has 16 heavy (non-hydrogen) atoms. The summed E-state index contributed by atoms with van der Waals surface area (Å²) in [6.45, 7) is 5.77. The molecule has 3 nitrogen and oxygen atoms in total. The van der Waals surface area contributed by atoms with Gasteiger partial charge in [-0.15, -0.1) is 12.4 Å². The van der Waals surface area contributed by atoms with Gasteiger partial charge >= 0.3 is 0 Å². The number of ether oxygens (including phenoxy) is 1. The highest BCUT2D eigenvalue weighted by Gasteiger charge is 2.20. The number of nitrogens with zero attached hydrogens (tertiary/aromatic N) is 1. The van der Waals surface area contributed by atoms with Gasteiger partial charge in [0.2, 0.25) is 0 Å². The molecule has 1 atom stereocenters. The van der Waals surface area contributed by atoms with Gasteiger partial charge in [0, 0.05) is 19.7 Å². The van der Waals surface area contributed by atoms with E-state index in [2.05, 4.69) is 17.3 Å². The Morgan fingerprint density at radius 1 is 1.19 bits per heavy atom. The van der Waals surface area contributed by atoms with Crippen LogP contribution in [0.15, 0.2) is 0 Å². The fraction of sp³-hybridized carbons (Fsp3) is 1.00. The van der Waals surface area contributed by atoms with Gasteiger partial charge in [-0.05, 0) is 51.7 Å². The highest BCUT2D eigenvalue weighted by atomic mass is 35.5. The summed E-state index contributed by atoms with van der Waals surface area (Å²) in [5.41, 5.74) is 0. The van der Waals surface area contributed by atoms with Crippen LogP contribution in [-0.2, 0) is 4.74 Å². The second-order valence-electron chi connectivity index (χ2n) is 5.05. The van der Waals surface area contributed by atoms with E-state index in [9.17, 15) is 0 Å². The molecule has 0 aliphatic carbocycles. The lowest BCUT2D eigenvalue weighted by molar-refractivity contribution is 0.0748. The van der Waals surface area contributed by atoms with Crippen molar-refractivity contribution >= 4 is 12.4 Å². The number of halogens is 1. The first-order valence-electron chi connectivity index (χ1n) is 6.35. The Morgan fingerprint density at radius 2 is 1.94 bits per heavy atom. The number of piperidine rings is 1. The lowest BCUT2D eigenvalue weighted by Gasteiger charge is -2.28. The summed E-state index contributed by atoms with van der Waals surface area (Å²) >= 11 is 0. The van der Waals surface area contributed by atoms with Gasteiger partial charge in [0.15, 0.2) is 0 Å². The number of nitrogens with one attached hydrogen (secondary N) is 1. The van der Waals surface area contributed by atoms with Crippen molar-refractivity contribution in [3.63, 3.8) is 0 Å². The Hall–Kier alpha value is 0.170. The molecule has 2 saturated heterocycles.